The van der Waals surface area contributed by atoms with Gasteiger partial charge >= 0.3 is 6.03 Å². The number of halogens is 1. The van der Waals surface area contributed by atoms with Crippen molar-refractivity contribution in [2.45, 2.75) is 13.0 Å². The first kappa shape index (κ1) is 12.8. The molecule has 1 fully saturated rings. The normalized spacial score (nSPS) is 19.6. The van der Waals surface area contributed by atoms with E-state index in [1.165, 1.54) is 11.1 Å². The summed E-state index contributed by atoms with van der Waals surface area (Å²) in [7, 11) is 0. The van der Waals surface area contributed by atoms with E-state index in [-0.39, 0.29) is 12.1 Å². The number of rotatable bonds is 3. The number of amides is 2. The van der Waals surface area contributed by atoms with E-state index in [0.29, 0.717) is 12.3 Å². The fourth-order valence-electron chi connectivity index (χ4n) is 2.07. The van der Waals surface area contributed by atoms with E-state index in [0.717, 1.165) is 11.0 Å². The molecule has 2 amide bonds. The molecule has 1 aromatic carbocycles. The first-order valence-electron chi connectivity index (χ1n) is 5.54. The number of urea groups is 1. The van der Waals surface area contributed by atoms with Crippen molar-refractivity contribution < 1.29 is 4.79 Å². The van der Waals surface area contributed by atoms with Gasteiger partial charge in [0.1, 0.15) is 0 Å². The van der Waals surface area contributed by atoms with Crippen LogP contribution in [0.15, 0.2) is 22.7 Å². The van der Waals surface area contributed by atoms with Crippen LogP contribution in [0.25, 0.3) is 0 Å². The summed E-state index contributed by atoms with van der Waals surface area (Å²) in [5.41, 5.74) is 2.38. The molecule has 1 saturated heterocycles. The van der Waals surface area contributed by atoms with Crippen LogP contribution in [0.2, 0.25) is 0 Å². The summed E-state index contributed by atoms with van der Waals surface area (Å²) in [6.45, 7) is 3.48. The summed E-state index contributed by atoms with van der Waals surface area (Å²) in [6, 6.07) is 6.24. The molecule has 0 bridgehead atoms. The zero-order valence-electron chi connectivity index (χ0n) is 9.61. The van der Waals surface area contributed by atoms with Gasteiger partial charge in [-0.05, 0) is 30.2 Å². The number of carbonyl (C=O) groups excluding carboxylic acids is 1. The monoisotopic (exact) mass is 314 g/mol. The largest absolute Gasteiger partial charge is 0.329 e. The van der Waals surface area contributed by atoms with Crippen LogP contribution in [-0.4, -0.2) is 29.8 Å². The predicted molar refractivity (Wildman–Crippen MR) is 75.6 cm³/mol. The average molecular weight is 315 g/mol. The van der Waals surface area contributed by atoms with E-state index in [1.54, 1.807) is 4.90 Å². The van der Waals surface area contributed by atoms with E-state index >= 15 is 0 Å². The SMILES string of the molecule is Cc1ccc(Br)cc1C1CN(CCS)C(=O)N1. The highest BCUT2D eigenvalue weighted by Gasteiger charge is 2.29. The minimum Gasteiger partial charge on any atom is -0.329 e. The van der Waals surface area contributed by atoms with Gasteiger partial charge in [-0.15, -0.1) is 0 Å². The topological polar surface area (TPSA) is 32.3 Å². The highest BCUT2D eigenvalue weighted by molar-refractivity contribution is 9.10. The molecule has 1 heterocycles. The Labute approximate surface area is 115 Å². The molecule has 3 nitrogen and oxygen atoms in total. The van der Waals surface area contributed by atoms with E-state index in [9.17, 15) is 4.79 Å². The van der Waals surface area contributed by atoms with Crippen molar-refractivity contribution in [2.24, 2.45) is 0 Å². The third-order valence-corrected chi connectivity index (χ3v) is 3.67. The molecule has 5 heteroatoms. The Balaban J connectivity index is 2.19. The number of nitrogens with zero attached hydrogens (tertiary/aromatic N) is 1. The maximum absolute atomic E-state index is 11.7. The van der Waals surface area contributed by atoms with Crippen LogP contribution in [0.4, 0.5) is 4.79 Å². The second kappa shape index (κ2) is 5.31. The van der Waals surface area contributed by atoms with Gasteiger partial charge < -0.3 is 10.2 Å². The molecule has 0 saturated carbocycles. The Morgan fingerprint density at radius 3 is 3.06 bits per heavy atom. The summed E-state index contributed by atoms with van der Waals surface area (Å²) in [5.74, 6) is 0.692. The third-order valence-electron chi connectivity index (χ3n) is 2.97. The number of thiol groups is 1. The van der Waals surface area contributed by atoms with Crippen molar-refractivity contribution in [3.05, 3.63) is 33.8 Å². The summed E-state index contributed by atoms with van der Waals surface area (Å²) < 4.78 is 1.04. The molecule has 0 radical (unpaired) electrons. The molecular weight excluding hydrogens is 300 g/mol. The fourth-order valence-corrected chi connectivity index (χ4v) is 2.69. The van der Waals surface area contributed by atoms with Crippen LogP contribution >= 0.6 is 28.6 Å². The summed E-state index contributed by atoms with van der Waals surface area (Å²) in [6.07, 6.45) is 0. The van der Waals surface area contributed by atoms with Gasteiger partial charge in [-0.25, -0.2) is 4.79 Å². The molecule has 0 aliphatic carbocycles. The second-order valence-corrected chi connectivity index (χ2v) is 5.54. The van der Waals surface area contributed by atoms with Gasteiger partial charge in [0, 0.05) is 23.3 Å². The van der Waals surface area contributed by atoms with Crippen LogP contribution in [0.3, 0.4) is 0 Å². The summed E-state index contributed by atoms with van der Waals surface area (Å²) >= 11 is 7.63. The predicted octanol–water partition coefficient (Wildman–Crippen LogP) is 2.75. The lowest BCUT2D eigenvalue weighted by atomic mass is 10.0. The summed E-state index contributed by atoms with van der Waals surface area (Å²) in [5, 5.41) is 3.01. The first-order chi connectivity index (χ1) is 8.11. The maximum atomic E-state index is 11.7. The smallest absolute Gasteiger partial charge is 0.318 e. The van der Waals surface area contributed by atoms with Gasteiger partial charge in [0.05, 0.1) is 6.04 Å². The molecule has 1 atom stereocenters. The van der Waals surface area contributed by atoms with Gasteiger partial charge in [0.15, 0.2) is 0 Å². The van der Waals surface area contributed by atoms with Crippen molar-refractivity contribution in [1.82, 2.24) is 10.2 Å². The Morgan fingerprint density at radius 2 is 2.35 bits per heavy atom. The van der Waals surface area contributed by atoms with E-state index < -0.39 is 0 Å². The van der Waals surface area contributed by atoms with Crippen LogP contribution < -0.4 is 5.32 Å². The maximum Gasteiger partial charge on any atom is 0.318 e. The third kappa shape index (κ3) is 2.77. The highest BCUT2D eigenvalue weighted by atomic mass is 79.9. The first-order valence-corrected chi connectivity index (χ1v) is 6.96. The van der Waals surface area contributed by atoms with Gasteiger partial charge in [-0.3, -0.25) is 0 Å². The number of carbonyl (C=O) groups is 1. The molecule has 2 rings (SSSR count). The van der Waals surface area contributed by atoms with Crippen LogP contribution in [0.1, 0.15) is 17.2 Å². The highest BCUT2D eigenvalue weighted by Crippen LogP contribution is 2.26. The molecular formula is C12H15BrN2OS. The molecule has 1 N–H and O–H groups in total. The zero-order chi connectivity index (χ0) is 12.4. The molecule has 17 heavy (non-hydrogen) atoms. The van der Waals surface area contributed by atoms with E-state index in [1.807, 2.05) is 6.07 Å². The Bertz CT molecular complexity index is 439. The van der Waals surface area contributed by atoms with E-state index in [4.69, 9.17) is 0 Å². The molecule has 1 unspecified atom stereocenters. The minimum absolute atomic E-state index is 0.00317. The molecule has 1 aliphatic heterocycles. The number of hydrogen-bond acceptors (Lipinski definition) is 2. The van der Waals surface area contributed by atoms with Crippen molar-refractivity contribution in [2.75, 3.05) is 18.8 Å². The van der Waals surface area contributed by atoms with Crippen molar-refractivity contribution in [3.8, 4) is 0 Å². The molecule has 1 aromatic rings. The number of aryl methyl sites for hydroxylation is 1. The Hall–Kier alpha value is -0.680. The number of benzene rings is 1. The Kier molecular flexibility index (Phi) is 3.99. The van der Waals surface area contributed by atoms with Crippen molar-refractivity contribution in [1.29, 1.82) is 0 Å². The lowest BCUT2D eigenvalue weighted by molar-refractivity contribution is 0.220. The van der Waals surface area contributed by atoms with Crippen LogP contribution in [-0.2, 0) is 0 Å². The van der Waals surface area contributed by atoms with E-state index in [2.05, 4.69) is 52.9 Å². The average Bonchev–Trinajstić information content (AvgIpc) is 2.64. The molecule has 0 spiro atoms. The summed E-state index contributed by atoms with van der Waals surface area (Å²) in [4.78, 5) is 13.5. The van der Waals surface area contributed by atoms with Gasteiger partial charge in [0.2, 0.25) is 0 Å². The fraction of sp³-hybridized carbons (Fsp3) is 0.417. The van der Waals surface area contributed by atoms with Crippen molar-refractivity contribution in [3.63, 3.8) is 0 Å². The second-order valence-electron chi connectivity index (χ2n) is 4.17. The molecule has 1 aliphatic rings. The van der Waals surface area contributed by atoms with Crippen molar-refractivity contribution >= 4 is 34.6 Å². The zero-order valence-corrected chi connectivity index (χ0v) is 12.1. The van der Waals surface area contributed by atoms with Gasteiger partial charge in [-0.2, -0.15) is 12.6 Å². The van der Waals surface area contributed by atoms with Gasteiger partial charge in [-0.1, -0.05) is 22.0 Å². The number of hydrogen-bond donors (Lipinski definition) is 2. The lowest BCUT2D eigenvalue weighted by Crippen LogP contribution is -2.29. The number of nitrogens with one attached hydrogen (secondary N) is 1. The standard InChI is InChI=1S/C12H15BrN2OS/c1-8-2-3-9(13)6-10(8)11-7-15(4-5-17)12(16)14-11/h2-3,6,11,17H,4-5,7H2,1H3,(H,14,16). The Morgan fingerprint density at radius 1 is 1.59 bits per heavy atom. The quantitative estimate of drug-likeness (QED) is 0.826. The van der Waals surface area contributed by atoms with Crippen LogP contribution in [0, 0.1) is 6.92 Å². The molecule has 0 aromatic heterocycles. The molecule has 92 valence electrons. The minimum atomic E-state index is 0.00317. The lowest BCUT2D eigenvalue weighted by Gasteiger charge is -2.14. The van der Waals surface area contributed by atoms with Gasteiger partial charge in [0.25, 0.3) is 0 Å². The van der Waals surface area contributed by atoms with Crippen LogP contribution in [0.5, 0.6) is 0 Å².